The first kappa shape index (κ1) is 14.0. The number of carboxylic acids is 1. The van der Waals surface area contributed by atoms with Crippen molar-refractivity contribution >= 4 is 17.6 Å². The van der Waals surface area contributed by atoms with Crippen molar-refractivity contribution in [3.8, 4) is 0 Å². The zero-order valence-corrected chi connectivity index (χ0v) is 10.7. The molecule has 0 unspecified atom stereocenters. The number of nitrogen functional groups attached to an aromatic ring is 1. The van der Waals surface area contributed by atoms with E-state index in [-0.39, 0.29) is 5.92 Å². The molecule has 18 heavy (non-hydrogen) atoms. The molecule has 98 valence electrons. The fourth-order valence-electron chi connectivity index (χ4n) is 1.52. The monoisotopic (exact) mass is 250 g/mol. The number of aryl methyl sites for hydroxylation is 1. The summed E-state index contributed by atoms with van der Waals surface area (Å²) in [5.74, 6) is -1.66. The molecule has 0 aliphatic heterocycles. The van der Waals surface area contributed by atoms with Gasteiger partial charge < -0.3 is 16.2 Å². The maximum absolute atomic E-state index is 11.9. The summed E-state index contributed by atoms with van der Waals surface area (Å²) in [6.07, 6.45) is 0. The fraction of sp³-hybridized carbons (Fsp3) is 0.385. The van der Waals surface area contributed by atoms with Crippen molar-refractivity contribution in [2.24, 2.45) is 5.92 Å². The number of rotatable bonds is 4. The number of hydrogen-bond donors (Lipinski definition) is 3. The summed E-state index contributed by atoms with van der Waals surface area (Å²) >= 11 is 0. The van der Waals surface area contributed by atoms with Crippen LogP contribution in [0.25, 0.3) is 0 Å². The van der Waals surface area contributed by atoms with Crippen LogP contribution >= 0.6 is 0 Å². The van der Waals surface area contributed by atoms with Gasteiger partial charge >= 0.3 is 5.97 Å². The molecule has 1 amide bonds. The Morgan fingerprint density at radius 1 is 1.33 bits per heavy atom. The van der Waals surface area contributed by atoms with Crippen LogP contribution in [-0.4, -0.2) is 23.0 Å². The summed E-state index contributed by atoms with van der Waals surface area (Å²) in [7, 11) is 0. The first-order valence-corrected chi connectivity index (χ1v) is 5.72. The smallest absolute Gasteiger partial charge is 0.326 e. The third-order valence-electron chi connectivity index (χ3n) is 2.76. The molecule has 0 aliphatic carbocycles. The van der Waals surface area contributed by atoms with Crippen LogP contribution in [0.2, 0.25) is 0 Å². The number of carbonyl (C=O) groups excluding carboxylic acids is 1. The Kier molecular flexibility index (Phi) is 4.31. The van der Waals surface area contributed by atoms with Gasteiger partial charge in [-0.3, -0.25) is 4.79 Å². The van der Waals surface area contributed by atoms with Gasteiger partial charge in [0.25, 0.3) is 5.91 Å². The van der Waals surface area contributed by atoms with E-state index in [1.54, 1.807) is 32.0 Å². The summed E-state index contributed by atoms with van der Waals surface area (Å²) in [5.41, 5.74) is 7.47. The molecule has 0 fully saturated rings. The minimum absolute atomic E-state index is 0.186. The minimum atomic E-state index is -1.04. The highest BCUT2D eigenvalue weighted by Gasteiger charge is 2.23. The molecule has 1 aromatic carbocycles. The predicted octanol–water partition coefficient (Wildman–Crippen LogP) is 1.42. The van der Waals surface area contributed by atoms with Gasteiger partial charge in [-0.2, -0.15) is 0 Å². The third kappa shape index (κ3) is 3.23. The van der Waals surface area contributed by atoms with Crippen molar-refractivity contribution in [2.45, 2.75) is 26.8 Å². The maximum Gasteiger partial charge on any atom is 0.326 e. The summed E-state index contributed by atoms with van der Waals surface area (Å²) in [4.78, 5) is 22.9. The lowest BCUT2D eigenvalue weighted by Crippen LogP contribution is -2.44. The Bertz CT molecular complexity index is 469. The number of aliphatic carboxylic acids is 1. The van der Waals surface area contributed by atoms with Crippen LogP contribution in [0, 0.1) is 12.8 Å². The topological polar surface area (TPSA) is 92.4 Å². The van der Waals surface area contributed by atoms with Crippen molar-refractivity contribution in [2.75, 3.05) is 5.73 Å². The number of carbonyl (C=O) groups is 2. The number of nitrogens with two attached hydrogens (primary N) is 1. The lowest BCUT2D eigenvalue weighted by atomic mass is 10.0. The Morgan fingerprint density at radius 3 is 2.39 bits per heavy atom. The summed E-state index contributed by atoms with van der Waals surface area (Å²) in [6.45, 7) is 5.32. The van der Waals surface area contributed by atoms with Crippen LogP contribution in [0.15, 0.2) is 18.2 Å². The zero-order valence-electron chi connectivity index (χ0n) is 10.7. The highest BCUT2D eigenvalue weighted by Crippen LogP contribution is 2.13. The normalized spacial score (nSPS) is 12.2. The van der Waals surface area contributed by atoms with Crippen LogP contribution in [0.3, 0.4) is 0 Å². The maximum atomic E-state index is 11.9. The van der Waals surface area contributed by atoms with Gasteiger partial charge in [0.15, 0.2) is 0 Å². The Hall–Kier alpha value is -2.04. The van der Waals surface area contributed by atoms with E-state index in [1.807, 2.05) is 6.92 Å². The third-order valence-corrected chi connectivity index (χ3v) is 2.76. The predicted molar refractivity (Wildman–Crippen MR) is 69.3 cm³/mol. The van der Waals surface area contributed by atoms with Crippen LogP contribution in [0.1, 0.15) is 29.8 Å². The van der Waals surface area contributed by atoms with E-state index in [9.17, 15) is 9.59 Å². The molecule has 0 radical (unpaired) electrons. The van der Waals surface area contributed by atoms with Gasteiger partial charge in [-0.25, -0.2) is 4.79 Å². The molecule has 1 rings (SSSR count). The number of carboxylic acid groups (broad SMARTS) is 1. The zero-order chi connectivity index (χ0) is 13.9. The summed E-state index contributed by atoms with van der Waals surface area (Å²) in [5, 5.41) is 11.5. The second kappa shape index (κ2) is 5.53. The van der Waals surface area contributed by atoms with Crippen molar-refractivity contribution in [1.29, 1.82) is 0 Å². The standard InChI is InChI=1S/C13H18N2O3/c1-7(2)11(13(17)18)15-12(16)9-5-4-8(3)10(14)6-9/h4-7,11H,14H2,1-3H3,(H,15,16)(H,17,18)/t11-/m1/s1. The van der Waals surface area contributed by atoms with E-state index in [0.29, 0.717) is 11.3 Å². The van der Waals surface area contributed by atoms with Crippen molar-refractivity contribution in [3.63, 3.8) is 0 Å². The van der Waals surface area contributed by atoms with Gasteiger partial charge in [-0.15, -0.1) is 0 Å². The molecule has 0 aromatic heterocycles. The molecule has 1 aromatic rings. The van der Waals surface area contributed by atoms with E-state index in [1.165, 1.54) is 0 Å². The summed E-state index contributed by atoms with van der Waals surface area (Å²) in [6, 6.07) is 4.00. The molecule has 0 saturated heterocycles. The molecule has 0 saturated carbocycles. The largest absolute Gasteiger partial charge is 0.480 e. The summed E-state index contributed by atoms with van der Waals surface area (Å²) < 4.78 is 0. The van der Waals surface area contributed by atoms with Gasteiger partial charge in [0, 0.05) is 11.3 Å². The molecular weight excluding hydrogens is 232 g/mol. The fourth-order valence-corrected chi connectivity index (χ4v) is 1.52. The average molecular weight is 250 g/mol. The second-order valence-electron chi connectivity index (χ2n) is 4.60. The highest BCUT2D eigenvalue weighted by molar-refractivity contribution is 5.97. The highest BCUT2D eigenvalue weighted by atomic mass is 16.4. The minimum Gasteiger partial charge on any atom is -0.480 e. The van der Waals surface area contributed by atoms with Crippen LogP contribution in [0.5, 0.6) is 0 Å². The average Bonchev–Trinajstić information content (AvgIpc) is 2.28. The van der Waals surface area contributed by atoms with E-state index in [4.69, 9.17) is 10.8 Å². The number of anilines is 1. The number of nitrogens with one attached hydrogen (secondary N) is 1. The van der Waals surface area contributed by atoms with Gasteiger partial charge in [-0.1, -0.05) is 19.9 Å². The van der Waals surface area contributed by atoms with Crippen LogP contribution in [0.4, 0.5) is 5.69 Å². The van der Waals surface area contributed by atoms with Gasteiger partial charge in [0.1, 0.15) is 6.04 Å². The SMILES string of the molecule is Cc1ccc(C(=O)N[C@@H](C(=O)O)C(C)C)cc1N. The molecular formula is C13H18N2O3. The first-order valence-electron chi connectivity index (χ1n) is 5.72. The molecule has 1 atom stereocenters. The number of amides is 1. The number of hydrogen-bond acceptors (Lipinski definition) is 3. The molecule has 0 heterocycles. The Morgan fingerprint density at radius 2 is 1.94 bits per heavy atom. The Balaban J connectivity index is 2.87. The van der Waals surface area contributed by atoms with Crippen LogP contribution in [-0.2, 0) is 4.79 Å². The van der Waals surface area contributed by atoms with E-state index in [2.05, 4.69) is 5.32 Å². The second-order valence-corrected chi connectivity index (χ2v) is 4.60. The molecule has 0 spiro atoms. The first-order chi connectivity index (χ1) is 8.32. The van der Waals surface area contributed by atoms with E-state index in [0.717, 1.165) is 5.56 Å². The van der Waals surface area contributed by atoms with Crippen LogP contribution < -0.4 is 11.1 Å². The lowest BCUT2D eigenvalue weighted by Gasteiger charge is -2.18. The van der Waals surface area contributed by atoms with Gasteiger partial charge in [0.2, 0.25) is 0 Å². The molecule has 4 N–H and O–H groups in total. The molecule has 5 nitrogen and oxygen atoms in total. The van der Waals surface area contributed by atoms with E-state index < -0.39 is 17.9 Å². The Labute approximate surface area is 106 Å². The number of benzene rings is 1. The van der Waals surface area contributed by atoms with Crippen molar-refractivity contribution in [1.82, 2.24) is 5.32 Å². The quantitative estimate of drug-likeness (QED) is 0.704. The molecule has 5 heteroatoms. The van der Waals surface area contributed by atoms with Gasteiger partial charge in [-0.05, 0) is 30.5 Å². The van der Waals surface area contributed by atoms with Gasteiger partial charge in [0.05, 0.1) is 0 Å². The van der Waals surface area contributed by atoms with Crippen molar-refractivity contribution < 1.29 is 14.7 Å². The molecule has 0 aliphatic rings. The lowest BCUT2D eigenvalue weighted by molar-refractivity contribution is -0.140. The molecule has 0 bridgehead atoms. The van der Waals surface area contributed by atoms with E-state index >= 15 is 0 Å². The van der Waals surface area contributed by atoms with Crippen molar-refractivity contribution in [3.05, 3.63) is 29.3 Å².